The van der Waals surface area contributed by atoms with Crippen LogP contribution < -0.4 is 4.90 Å². The highest BCUT2D eigenvalue weighted by atomic mass is 16.2. The van der Waals surface area contributed by atoms with Crippen LogP contribution >= 0.6 is 0 Å². The summed E-state index contributed by atoms with van der Waals surface area (Å²) in [6.45, 7) is 13.4. The number of rotatable bonds is 8. The lowest BCUT2D eigenvalue weighted by Gasteiger charge is -2.34. The average Bonchev–Trinajstić information content (AvgIpc) is 3.41. The van der Waals surface area contributed by atoms with Crippen molar-refractivity contribution in [2.45, 2.75) is 85.4 Å². The van der Waals surface area contributed by atoms with Gasteiger partial charge in [0.15, 0.2) is 0 Å². The van der Waals surface area contributed by atoms with E-state index >= 15 is 0 Å². The minimum absolute atomic E-state index is 0.0649. The molecule has 0 aliphatic carbocycles. The Bertz CT molecular complexity index is 1220. The lowest BCUT2D eigenvalue weighted by molar-refractivity contribution is -0.136. The number of benzene rings is 2. The first-order valence-electron chi connectivity index (χ1n) is 12.9. The summed E-state index contributed by atoms with van der Waals surface area (Å²) in [5.41, 5.74) is 5.13. The van der Waals surface area contributed by atoms with E-state index in [9.17, 15) is 9.59 Å². The van der Waals surface area contributed by atoms with Crippen molar-refractivity contribution in [2.75, 3.05) is 11.4 Å². The summed E-state index contributed by atoms with van der Waals surface area (Å²) in [6, 6.07) is 14.5. The summed E-state index contributed by atoms with van der Waals surface area (Å²) in [5.74, 6) is 0.968. The monoisotopic (exact) mass is 474 g/mol. The summed E-state index contributed by atoms with van der Waals surface area (Å²) < 4.78 is 2.05. The molecule has 0 saturated carbocycles. The number of fused-ring (bicyclic) bond motifs is 1. The number of para-hydroxylation sites is 2. The number of amides is 2. The van der Waals surface area contributed by atoms with Crippen LogP contribution in [0.2, 0.25) is 0 Å². The van der Waals surface area contributed by atoms with Crippen LogP contribution in [0.15, 0.2) is 42.5 Å². The van der Waals surface area contributed by atoms with E-state index in [1.165, 1.54) is 11.1 Å². The number of nitrogens with zero attached hydrogens (tertiary/aromatic N) is 4. The summed E-state index contributed by atoms with van der Waals surface area (Å²) in [6.07, 6.45) is 2.22. The van der Waals surface area contributed by atoms with Gasteiger partial charge in [0.05, 0.1) is 11.0 Å². The van der Waals surface area contributed by atoms with Crippen LogP contribution in [-0.4, -0.2) is 44.9 Å². The van der Waals surface area contributed by atoms with Gasteiger partial charge in [-0.3, -0.25) is 9.59 Å². The van der Waals surface area contributed by atoms with Crippen molar-refractivity contribution in [3.63, 3.8) is 0 Å². The highest BCUT2D eigenvalue weighted by Gasteiger charge is 2.36. The molecule has 0 bridgehead atoms. The molecule has 1 aliphatic rings. The maximum absolute atomic E-state index is 13.6. The molecule has 3 unspecified atom stereocenters. The van der Waals surface area contributed by atoms with Gasteiger partial charge in [-0.2, -0.15) is 0 Å². The molecule has 1 fully saturated rings. The molecule has 0 radical (unpaired) electrons. The molecule has 35 heavy (non-hydrogen) atoms. The van der Waals surface area contributed by atoms with Crippen LogP contribution in [0.4, 0.5) is 5.69 Å². The van der Waals surface area contributed by atoms with Crippen LogP contribution in [0.25, 0.3) is 11.0 Å². The van der Waals surface area contributed by atoms with Gasteiger partial charge in [0, 0.05) is 36.7 Å². The molecular formula is C29H38N4O2. The molecule has 0 N–H and O–H groups in total. The van der Waals surface area contributed by atoms with Crippen LogP contribution in [0, 0.1) is 13.8 Å². The van der Waals surface area contributed by atoms with Crippen molar-refractivity contribution in [3.05, 3.63) is 59.4 Å². The number of anilines is 1. The van der Waals surface area contributed by atoms with E-state index in [2.05, 4.69) is 58.2 Å². The highest BCUT2D eigenvalue weighted by molar-refractivity contribution is 5.96. The molecule has 1 saturated heterocycles. The Balaban J connectivity index is 1.68. The third-order valence-electron chi connectivity index (χ3n) is 7.69. The topological polar surface area (TPSA) is 58.4 Å². The lowest BCUT2D eigenvalue weighted by Crippen LogP contribution is -2.46. The second-order valence-corrected chi connectivity index (χ2v) is 10.0. The van der Waals surface area contributed by atoms with E-state index in [1.54, 1.807) is 0 Å². The fourth-order valence-corrected chi connectivity index (χ4v) is 5.13. The van der Waals surface area contributed by atoms with Gasteiger partial charge in [-0.25, -0.2) is 4.98 Å². The zero-order chi connectivity index (χ0) is 25.3. The smallest absolute Gasteiger partial charge is 0.243 e. The molecule has 6 nitrogen and oxygen atoms in total. The first-order valence-corrected chi connectivity index (χ1v) is 12.9. The van der Waals surface area contributed by atoms with Crippen molar-refractivity contribution in [1.82, 2.24) is 14.5 Å². The first-order chi connectivity index (χ1) is 16.7. The largest absolute Gasteiger partial charge is 0.336 e. The number of aromatic nitrogens is 2. The normalized spacial score (nSPS) is 17.7. The summed E-state index contributed by atoms with van der Waals surface area (Å²) >= 11 is 0. The van der Waals surface area contributed by atoms with Crippen LogP contribution in [0.3, 0.4) is 0 Å². The zero-order valence-corrected chi connectivity index (χ0v) is 21.9. The van der Waals surface area contributed by atoms with Gasteiger partial charge in [-0.05, 0) is 75.9 Å². The Morgan fingerprint density at radius 3 is 2.40 bits per heavy atom. The molecule has 1 aliphatic heterocycles. The van der Waals surface area contributed by atoms with Crippen molar-refractivity contribution in [2.24, 2.45) is 0 Å². The summed E-state index contributed by atoms with van der Waals surface area (Å²) in [7, 11) is 0. The number of carbonyl (C=O) groups is 2. The van der Waals surface area contributed by atoms with Gasteiger partial charge in [0.25, 0.3) is 0 Å². The van der Waals surface area contributed by atoms with Crippen molar-refractivity contribution in [3.8, 4) is 0 Å². The predicted molar refractivity (Wildman–Crippen MR) is 142 cm³/mol. The summed E-state index contributed by atoms with van der Waals surface area (Å²) in [5, 5.41) is 0. The number of hydrogen-bond acceptors (Lipinski definition) is 3. The SMILES string of the molecule is CCC(C)N(C(=O)Cn1c(C2CC(=O)N(c3ccc(C)c(C)c3)C2)nc2ccccc21)C(C)CC. The van der Waals surface area contributed by atoms with Gasteiger partial charge in [0.1, 0.15) is 12.4 Å². The molecule has 4 rings (SSSR count). The number of aryl methyl sites for hydroxylation is 2. The first kappa shape index (κ1) is 25.0. The number of imidazole rings is 1. The second kappa shape index (κ2) is 10.2. The molecule has 3 atom stereocenters. The van der Waals surface area contributed by atoms with E-state index in [4.69, 9.17) is 4.98 Å². The minimum atomic E-state index is -0.0649. The highest BCUT2D eigenvalue weighted by Crippen LogP contribution is 2.34. The maximum atomic E-state index is 13.6. The lowest BCUT2D eigenvalue weighted by atomic mass is 10.1. The van der Waals surface area contributed by atoms with Crippen molar-refractivity contribution in [1.29, 1.82) is 0 Å². The number of hydrogen-bond donors (Lipinski definition) is 0. The van der Waals surface area contributed by atoms with E-state index < -0.39 is 0 Å². The van der Waals surface area contributed by atoms with Gasteiger partial charge >= 0.3 is 0 Å². The maximum Gasteiger partial charge on any atom is 0.243 e. The summed E-state index contributed by atoms with van der Waals surface area (Å²) in [4.78, 5) is 35.6. The molecule has 6 heteroatoms. The third kappa shape index (κ3) is 4.84. The molecule has 0 spiro atoms. The van der Waals surface area contributed by atoms with Gasteiger partial charge in [-0.1, -0.05) is 32.0 Å². The fraction of sp³-hybridized carbons (Fsp3) is 0.483. The molecule has 2 aromatic carbocycles. The van der Waals surface area contributed by atoms with Crippen molar-refractivity contribution >= 4 is 28.5 Å². The Morgan fingerprint density at radius 2 is 1.74 bits per heavy atom. The molecule has 2 amide bonds. The minimum Gasteiger partial charge on any atom is -0.336 e. The van der Waals surface area contributed by atoms with E-state index in [0.29, 0.717) is 13.0 Å². The Hall–Kier alpha value is -3.15. The zero-order valence-electron chi connectivity index (χ0n) is 21.9. The second-order valence-electron chi connectivity index (χ2n) is 10.0. The standard InChI is InChI=1S/C29H38N4O2/c1-7-21(5)33(22(6)8-2)28(35)18-32-26-12-10-9-11-25(26)30-29(32)23-16-27(34)31(17-23)24-14-13-19(3)20(4)15-24/h9-15,21-23H,7-8,16-18H2,1-6H3. The number of carbonyl (C=O) groups excluding carboxylic acids is 2. The Labute approximate surface area is 208 Å². The van der Waals surface area contributed by atoms with E-state index in [-0.39, 0.29) is 36.4 Å². The Kier molecular flexibility index (Phi) is 7.29. The Morgan fingerprint density at radius 1 is 1.06 bits per heavy atom. The quantitative estimate of drug-likeness (QED) is 0.427. The molecule has 1 aromatic heterocycles. The molecular weight excluding hydrogens is 436 g/mol. The van der Waals surface area contributed by atoms with E-state index in [1.807, 2.05) is 40.1 Å². The average molecular weight is 475 g/mol. The molecule has 3 aromatic rings. The molecule has 2 heterocycles. The fourth-order valence-electron chi connectivity index (χ4n) is 5.13. The van der Waals surface area contributed by atoms with Crippen molar-refractivity contribution < 1.29 is 9.59 Å². The predicted octanol–water partition coefficient (Wildman–Crippen LogP) is 5.60. The van der Waals surface area contributed by atoms with E-state index in [0.717, 1.165) is 35.4 Å². The van der Waals surface area contributed by atoms with Crippen LogP contribution in [-0.2, 0) is 16.1 Å². The third-order valence-corrected chi connectivity index (χ3v) is 7.69. The van der Waals surface area contributed by atoms with Crippen LogP contribution in [0.1, 0.15) is 69.8 Å². The molecule has 186 valence electrons. The van der Waals surface area contributed by atoms with Gasteiger partial charge in [0.2, 0.25) is 11.8 Å². The van der Waals surface area contributed by atoms with Gasteiger partial charge in [-0.15, -0.1) is 0 Å². The van der Waals surface area contributed by atoms with Crippen LogP contribution in [0.5, 0.6) is 0 Å². The van der Waals surface area contributed by atoms with Gasteiger partial charge < -0.3 is 14.4 Å².